The van der Waals surface area contributed by atoms with E-state index in [1.165, 1.54) is 0 Å². The number of nitrogens with zero attached hydrogens (tertiary/aromatic N) is 2. The van der Waals surface area contributed by atoms with Crippen molar-refractivity contribution in [2.75, 3.05) is 39.3 Å². The van der Waals surface area contributed by atoms with Crippen LogP contribution >= 0.6 is 0 Å². The van der Waals surface area contributed by atoms with Crippen molar-refractivity contribution in [1.29, 1.82) is 10.8 Å². The van der Waals surface area contributed by atoms with Crippen LogP contribution < -0.4 is 15.8 Å². The van der Waals surface area contributed by atoms with Gasteiger partial charge in [0.05, 0.1) is 12.4 Å². The van der Waals surface area contributed by atoms with E-state index in [9.17, 15) is 9.59 Å². The Morgan fingerprint density at radius 1 is 0.969 bits per heavy atom. The first-order chi connectivity index (χ1) is 15.3. The third-order valence-electron chi connectivity index (χ3n) is 5.24. The first-order valence-electron chi connectivity index (χ1n) is 10.4. The minimum absolute atomic E-state index is 0.0330. The van der Waals surface area contributed by atoms with Gasteiger partial charge in [0, 0.05) is 42.9 Å². The molecule has 168 valence electrons. The zero-order valence-electron chi connectivity index (χ0n) is 18.1. The number of rotatable bonds is 7. The van der Waals surface area contributed by atoms with Crippen molar-refractivity contribution in [2.45, 2.75) is 6.92 Å². The van der Waals surface area contributed by atoms with Crippen LogP contribution in [0.5, 0.6) is 5.75 Å². The highest BCUT2D eigenvalue weighted by Gasteiger charge is 2.22. The van der Waals surface area contributed by atoms with Gasteiger partial charge in [0.15, 0.2) is 0 Å². The predicted molar refractivity (Wildman–Crippen MR) is 123 cm³/mol. The van der Waals surface area contributed by atoms with Crippen molar-refractivity contribution < 1.29 is 14.3 Å². The predicted octanol–water partition coefficient (Wildman–Crippen LogP) is 1.53. The molecule has 1 aliphatic rings. The largest absolute Gasteiger partial charge is 0.492 e. The van der Waals surface area contributed by atoms with E-state index in [1.807, 2.05) is 4.90 Å². The molecule has 1 fully saturated rings. The quantitative estimate of drug-likeness (QED) is 0.297. The topological polar surface area (TPSA) is 136 Å². The standard InChI is InChI=1S/C23H28N6O3/c1-16(24)28-10-12-29(13-11-28)23(31)18-7-5-17(6-8-18)22(30)27-9-14-32-20-4-2-3-19(15-20)21(25)26/h2-8,15,24H,9-14H2,1H3,(H3,25,26)(H,27,30). The Bertz CT molecular complexity index is 997. The molecule has 0 spiro atoms. The Labute approximate surface area is 187 Å². The summed E-state index contributed by atoms with van der Waals surface area (Å²) in [5, 5.41) is 17.9. The molecule has 3 rings (SSSR count). The number of carbonyl (C=O) groups is 2. The van der Waals surface area contributed by atoms with Crippen molar-refractivity contribution >= 4 is 23.5 Å². The van der Waals surface area contributed by atoms with E-state index in [0.717, 1.165) is 0 Å². The Kier molecular flexibility index (Phi) is 7.43. The van der Waals surface area contributed by atoms with Crippen molar-refractivity contribution in [3.05, 3.63) is 65.2 Å². The molecule has 9 heteroatoms. The maximum absolute atomic E-state index is 12.7. The monoisotopic (exact) mass is 436 g/mol. The molecule has 32 heavy (non-hydrogen) atoms. The number of carbonyl (C=O) groups excluding carboxylic acids is 2. The van der Waals surface area contributed by atoms with E-state index < -0.39 is 0 Å². The fraction of sp³-hybridized carbons (Fsp3) is 0.304. The molecule has 2 amide bonds. The number of hydrogen-bond donors (Lipinski definition) is 4. The van der Waals surface area contributed by atoms with E-state index in [4.69, 9.17) is 21.3 Å². The lowest BCUT2D eigenvalue weighted by atomic mass is 10.1. The van der Waals surface area contributed by atoms with Crippen LogP contribution in [-0.4, -0.2) is 72.6 Å². The van der Waals surface area contributed by atoms with Gasteiger partial charge in [-0.3, -0.25) is 20.4 Å². The highest BCUT2D eigenvalue weighted by Crippen LogP contribution is 2.13. The molecule has 0 unspecified atom stereocenters. The molecule has 2 aromatic carbocycles. The molecule has 0 atom stereocenters. The number of nitrogens with one attached hydrogen (secondary N) is 3. The lowest BCUT2D eigenvalue weighted by Crippen LogP contribution is -2.49. The highest BCUT2D eigenvalue weighted by atomic mass is 16.5. The van der Waals surface area contributed by atoms with Crippen LogP contribution in [0.2, 0.25) is 0 Å². The van der Waals surface area contributed by atoms with Gasteiger partial charge in [-0.05, 0) is 43.3 Å². The number of nitrogens with two attached hydrogens (primary N) is 1. The normalized spacial score (nSPS) is 13.4. The molecule has 1 saturated heterocycles. The number of benzene rings is 2. The average Bonchev–Trinajstić information content (AvgIpc) is 2.81. The van der Waals surface area contributed by atoms with E-state index in [0.29, 0.717) is 61.0 Å². The molecule has 5 N–H and O–H groups in total. The zero-order chi connectivity index (χ0) is 23.1. The summed E-state index contributed by atoms with van der Waals surface area (Å²) < 4.78 is 5.59. The van der Waals surface area contributed by atoms with Crippen LogP contribution in [0.15, 0.2) is 48.5 Å². The van der Waals surface area contributed by atoms with Gasteiger partial charge in [-0.15, -0.1) is 0 Å². The molecule has 0 radical (unpaired) electrons. The molecule has 0 bridgehead atoms. The second-order valence-corrected chi connectivity index (χ2v) is 7.49. The van der Waals surface area contributed by atoms with E-state index in [1.54, 1.807) is 60.4 Å². The van der Waals surface area contributed by atoms with Crippen LogP contribution in [0, 0.1) is 10.8 Å². The van der Waals surface area contributed by atoms with Gasteiger partial charge in [0.25, 0.3) is 11.8 Å². The van der Waals surface area contributed by atoms with Crippen molar-refractivity contribution in [3.8, 4) is 5.75 Å². The fourth-order valence-electron chi connectivity index (χ4n) is 3.38. The first-order valence-corrected chi connectivity index (χ1v) is 10.4. The first kappa shape index (κ1) is 22.8. The van der Waals surface area contributed by atoms with Gasteiger partial charge in [0.2, 0.25) is 0 Å². The minimum Gasteiger partial charge on any atom is -0.492 e. The molecule has 0 saturated carbocycles. The summed E-state index contributed by atoms with van der Waals surface area (Å²) in [6.45, 7) is 4.79. The minimum atomic E-state index is -0.250. The summed E-state index contributed by atoms with van der Waals surface area (Å²) in [5.74, 6) is 0.740. The lowest BCUT2D eigenvalue weighted by Gasteiger charge is -2.35. The summed E-state index contributed by atoms with van der Waals surface area (Å²) in [5.41, 5.74) is 7.04. The number of hydrogen-bond acceptors (Lipinski definition) is 5. The highest BCUT2D eigenvalue weighted by molar-refractivity contribution is 5.98. The summed E-state index contributed by atoms with van der Waals surface area (Å²) in [6, 6.07) is 13.5. The number of piperazine rings is 1. The van der Waals surface area contributed by atoms with Gasteiger partial charge < -0.3 is 25.6 Å². The molecule has 9 nitrogen and oxygen atoms in total. The lowest BCUT2D eigenvalue weighted by molar-refractivity contribution is 0.0690. The number of amidine groups is 2. The number of ether oxygens (including phenoxy) is 1. The van der Waals surface area contributed by atoms with Gasteiger partial charge in [-0.2, -0.15) is 0 Å². The molecular weight excluding hydrogens is 408 g/mol. The Balaban J connectivity index is 1.45. The number of nitrogen functional groups attached to an aromatic ring is 1. The number of amides is 2. The van der Waals surface area contributed by atoms with Gasteiger partial charge in [-0.1, -0.05) is 12.1 Å². The molecule has 1 aliphatic heterocycles. The van der Waals surface area contributed by atoms with Crippen LogP contribution in [0.3, 0.4) is 0 Å². The van der Waals surface area contributed by atoms with Gasteiger partial charge in [0.1, 0.15) is 18.2 Å². The van der Waals surface area contributed by atoms with Crippen LogP contribution in [0.1, 0.15) is 33.2 Å². The van der Waals surface area contributed by atoms with Crippen LogP contribution in [-0.2, 0) is 0 Å². The summed E-state index contributed by atoms with van der Waals surface area (Å²) in [4.78, 5) is 28.8. The maximum Gasteiger partial charge on any atom is 0.253 e. The van der Waals surface area contributed by atoms with Crippen LogP contribution in [0.25, 0.3) is 0 Å². The summed E-state index contributed by atoms with van der Waals surface area (Å²) >= 11 is 0. The molecule has 2 aromatic rings. The smallest absolute Gasteiger partial charge is 0.253 e. The Morgan fingerprint density at radius 3 is 2.22 bits per heavy atom. The van der Waals surface area contributed by atoms with Crippen molar-refractivity contribution in [1.82, 2.24) is 15.1 Å². The molecular formula is C23H28N6O3. The van der Waals surface area contributed by atoms with Crippen molar-refractivity contribution in [2.24, 2.45) is 5.73 Å². The van der Waals surface area contributed by atoms with Gasteiger partial charge in [-0.25, -0.2) is 0 Å². The van der Waals surface area contributed by atoms with E-state index in [-0.39, 0.29) is 24.3 Å². The Hall–Kier alpha value is -3.88. The summed E-state index contributed by atoms with van der Waals surface area (Å²) in [7, 11) is 0. The summed E-state index contributed by atoms with van der Waals surface area (Å²) in [6.07, 6.45) is 0. The van der Waals surface area contributed by atoms with Crippen LogP contribution in [0.4, 0.5) is 0 Å². The Morgan fingerprint density at radius 2 is 1.59 bits per heavy atom. The second kappa shape index (κ2) is 10.4. The molecule has 0 aliphatic carbocycles. The maximum atomic E-state index is 12.7. The third-order valence-corrected chi connectivity index (χ3v) is 5.24. The molecule has 0 aromatic heterocycles. The molecule has 1 heterocycles. The van der Waals surface area contributed by atoms with E-state index >= 15 is 0 Å². The zero-order valence-corrected chi connectivity index (χ0v) is 18.1. The van der Waals surface area contributed by atoms with E-state index in [2.05, 4.69) is 5.32 Å². The second-order valence-electron chi connectivity index (χ2n) is 7.49. The third kappa shape index (κ3) is 5.84. The van der Waals surface area contributed by atoms with Crippen molar-refractivity contribution in [3.63, 3.8) is 0 Å². The average molecular weight is 437 g/mol. The SMILES string of the molecule is CC(=N)N1CCN(C(=O)c2ccc(C(=O)NCCOc3cccc(C(=N)N)c3)cc2)CC1. The fourth-order valence-corrected chi connectivity index (χ4v) is 3.38. The van der Waals surface area contributed by atoms with Gasteiger partial charge >= 0.3 is 0 Å².